The van der Waals surface area contributed by atoms with Crippen LogP contribution < -0.4 is 10.6 Å². The van der Waals surface area contributed by atoms with Crippen LogP contribution in [0.5, 0.6) is 0 Å². The van der Waals surface area contributed by atoms with E-state index in [4.69, 9.17) is 14.7 Å². The monoisotopic (exact) mass is 575 g/mol. The molecule has 1 unspecified atom stereocenters. The lowest BCUT2D eigenvalue weighted by molar-refractivity contribution is -0.0384. The van der Waals surface area contributed by atoms with E-state index in [0.29, 0.717) is 35.5 Å². The number of aromatic nitrogens is 8. The van der Waals surface area contributed by atoms with Gasteiger partial charge in [0, 0.05) is 31.7 Å². The summed E-state index contributed by atoms with van der Waals surface area (Å²) in [6.07, 6.45) is 2.71. The number of tetrazole rings is 1. The zero-order valence-electron chi connectivity index (χ0n) is 23.6. The number of anilines is 2. The van der Waals surface area contributed by atoms with Gasteiger partial charge in [-0.1, -0.05) is 43.2 Å². The molecule has 5 atom stereocenters. The molecule has 0 bridgehead atoms. The fourth-order valence-electron chi connectivity index (χ4n) is 6.26. The molecule has 222 valence electrons. The Morgan fingerprint density at radius 1 is 1.00 bits per heavy atom. The average Bonchev–Trinajstić information content (AvgIpc) is 3.83. The van der Waals surface area contributed by atoms with Crippen molar-refractivity contribution < 1.29 is 14.9 Å². The number of ether oxygens (including phenoxy) is 1. The second kappa shape index (κ2) is 11.5. The van der Waals surface area contributed by atoms with E-state index in [1.807, 2.05) is 13.0 Å². The molecule has 4 N–H and O–H groups in total. The van der Waals surface area contributed by atoms with Gasteiger partial charge in [0.2, 0.25) is 11.8 Å². The van der Waals surface area contributed by atoms with Gasteiger partial charge >= 0.3 is 0 Å². The van der Waals surface area contributed by atoms with Gasteiger partial charge in [-0.25, -0.2) is 4.98 Å². The van der Waals surface area contributed by atoms with Gasteiger partial charge in [0.25, 0.3) is 0 Å². The van der Waals surface area contributed by atoms with Crippen LogP contribution in [0.4, 0.5) is 11.8 Å². The molecule has 1 aromatic carbocycles. The van der Waals surface area contributed by atoms with Crippen molar-refractivity contribution in [3.05, 3.63) is 48.0 Å². The molecule has 7 rings (SSSR count). The van der Waals surface area contributed by atoms with Gasteiger partial charge in [0.1, 0.15) is 12.2 Å². The van der Waals surface area contributed by atoms with Crippen molar-refractivity contribution in [1.82, 2.24) is 44.6 Å². The third kappa shape index (κ3) is 5.30. The van der Waals surface area contributed by atoms with E-state index in [0.717, 1.165) is 38.9 Å². The first-order valence-electron chi connectivity index (χ1n) is 14.9. The molecule has 42 heavy (non-hydrogen) atoms. The summed E-state index contributed by atoms with van der Waals surface area (Å²) in [5, 5.41) is 41.3. The maximum absolute atomic E-state index is 11.0. The number of rotatable bonds is 9. The number of imidazole rings is 1. The Bertz CT molecular complexity index is 1510. The van der Waals surface area contributed by atoms with Crippen LogP contribution >= 0.6 is 0 Å². The molecule has 1 saturated carbocycles. The number of hydrogen-bond donors (Lipinski definition) is 4. The number of benzene rings is 1. The molecule has 0 radical (unpaired) electrons. The molecule has 3 aliphatic rings. The van der Waals surface area contributed by atoms with Gasteiger partial charge in [-0.05, 0) is 37.0 Å². The third-order valence-electron chi connectivity index (χ3n) is 8.49. The van der Waals surface area contributed by atoms with Crippen LogP contribution in [0.3, 0.4) is 0 Å². The largest absolute Gasteiger partial charge is 0.387 e. The van der Waals surface area contributed by atoms with Crippen molar-refractivity contribution in [3.63, 3.8) is 0 Å². The maximum atomic E-state index is 11.0. The molecule has 2 saturated heterocycles. The van der Waals surface area contributed by atoms with Crippen LogP contribution in [0.25, 0.3) is 11.2 Å². The summed E-state index contributed by atoms with van der Waals surface area (Å²) in [5.41, 5.74) is 2.40. The van der Waals surface area contributed by atoms with Gasteiger partial charge in [-0.2, -0.15) is 14.8 Å². The Kier molecular flexibility index (Phi) is 7.44. The second-order valence-corrected chi connectivity index (χ2v) is 11.5. The Morgan fingerprint density at radius 2 is 1.83 bits per heavy atom. The molecule has 4 aromatic rings. The first-order chi connectivity index (χ1) is 20.6. The van der Waals surface area contributed by atoms with Crippen LogP contribution in [0.1, 0.15) is 62.7 Å². The van der Waals surface area contributed by atoms with E-state index >= 15 is 0 Å². The van der Waals surface area contributed by atoms with Gasteiger partial charge < -0.3 is 25.6 Å². The topological polar surface area (TPSA) is 164 Å². The lowest BCUT2D eigenvalue weighted by Crippen LogP contribution is -2.29. The van der Waals surface area contributed by atoms with E-state index < -0.39 is 24.5 Å². The summed E-state index contributed by atoms with van der Waals surface area (Å²) < 4.78 is 7.80. The molecule has 5 heterocycles. The summed E-state index contributed by atoms with van der Waals surface area (Å²) >= 11 is 0. The Balaban J connectivity index is 1.16. The maximum Gasteiger partial charge on any atom is 0.227 e. The Hall–Kier alpha value is -3.72. The van der Waals surface area contributed by atoms with E-state index in [9.17, 15) is 10.2 Å². The number of hydrogen-bond acceptors (Lipinski definition) is 12. The summed E-state index contributed by atoms with van der Waals surface area (Å²) in [6.45, 7) is 5.19. The average molecular weight is 576 g/mol. The van der Waals surface area contributed by atoms with Crippen molar-refractivity contribution in [2.24, 2.45) is 0 Å². The number of aliphatic hydroxyl groups excluding tert-OH is 2. The molecule has 0 amide bonds. The molecule has 1 aliphatic carbocycles. The number of nitrogens with one attached hydrogen (secondary N) is 2. The number of likely N-dealkylation sites (tertiary alicyclic amines) is 1. The summed E-state index contributed by atoms with van der Waals surface area (Å²) in [7, 11) is 0. The molecule has 2 aliphatic heterocycles. The highest BCUT2D eigenvalue weighted by molar-refractivity contribution is 5.84. The van der Waals surface area contributed by atoms with Crippen LogP contribution in [-0.4, -0.2) is 92.2 Å². The fraction of sp³-hybridized carbons (Fsp3) is 0.571. The number of aliphatic hydroxyl groups is 2. The predicted molar refractivity (Wildman–Crippen MR) is 153 cm³/mol. The Morgan fingerprint density at radius 3 is 2.62 bits per heavy atom. The molecule has 3 aromatic heterocycles. The van der Waals surface area contributed by atoms with E-state index in [1.165, 1.54) is 23.2 Å². The van der Waals surface area contributed by atoms with Gasteiger partial charge in [0.15, 0.2) is 29.3 Å². The number of nitrogens with zero attached hydrogens (tertiary/aromatic N) is 9. The summed E-state index contributed by atoms with van der Waals surface area (Å²) in [6, 6.07) is 11.0. The molecule has 0 spiro atoms. The quantitative estimate of drug-likeness (QED) is 0.229. The smallest absolute Gasteiger partial charge is 0.227 e. The zero-order valence-corrected chi connectivity index (χ0v) is 23.6. The molecule has 14 heteroatoms. The number of fused-ring (bicyclic) bond motifs is 1. The van der Waals surface area contributed by atoms with Crippen LogP contribution in [0.15, 0.2) is 36.7 Å². The lowest BCUT2D eigenvalue weighted by Gasteiger charge is -2.19. The summed E-state index contributed by atoms with van der Waals surface area (Å²) in [5.74, 6) is 1.37. The highest BCUT2D eigenvalue weighted by Crippen LogP contribution is 2.39. The van der Waals surface area contributed by atoms with Crippen LogP contribution in [0, 0.1) is 0 Å². The summed E-state index contributed by atoms with van der Waals surface area (Å²) in [4.78, 5) is 18.2. The molecular weight excluding hydrogens is 538 g/mol. The first-order valence-corrected chi connectivity index (χ1v) is 14.9. The highest BCUT2D eigenvalue weighted by Gasteiger charge is 2.47. The minimum atomic E-state index is -1.25. The SMILES string of the molecule is CCn1nnc([C@H]2O[C@@H](n3cnc4c(NC5CCCC5)nc(NC5CCN(Cc6ccccc6)C5)nc43)[C@H](O)[C@@H]2O)n1. The highest BCUT2D eigenvalue weighted by atomic mass is 16.6. The standard InChI is InChI=1S/C28H37N11O3/c1-2-39-35-25(34-36-39)23-21(40)22(41)27(42-23)38-16-29-20-24(30-18-10-6-7-11-18)32-28(33-26(20)38)31-19-12-13-37(15-19)14-17-8-4-3-5-9-17/h3-5,8-9,16,18-19,21-23,27,40-41H,2,6-7,10-15H2,1H3,(H2,30,31,32,33)/t19?,21-,22+,23-,27+/m0/s1. The molecule has 14 nitrogen and oxygen atoms in total. The minimum Gasteiger partial charge on any atom is -0.387 e. The fourth-order valence-corrected chi connectivity index (χ4v) is 6.26. The van der Waals surface area contributed by atoms with Gasteiger partial charge in [-0.15, -0.1) is 10.2 Å². The third-order valence-corrected chi connectivity index (χ3v) is 8.49. The van der Waals surface area contributed by atoms with E-state index in [2.05, 4.69) is 60.2 Å². The van der Waals surface area contributed by atoms with Crippen molar-refractivity contribution >= 4 is 22.9 Å². The van der Waals surface area contributed by atoms with Crippen molar-refractivity contribution in [1.29, 1.82) is 0 Å². The van der Waals surface area contributed by atoms with Gasteiger partial charge in [0.05, 0.1) is 12.9 Å². The van der Waals surface area contributed by atoms with Gasteiger partial charge in [-0.3, -0.25) is 9.47 Å². The van der Waals surface area contributed by atoms with E-state index in [-0.39, 0.29) is 11.9 Å². The second-order valence-electron chi connectivity index (χ2n) is 11.5. The van der Waals surface area contributed by atoms with Crippen molar-refractivity contribution in [2.75, 3.05) is 23.7 Å². The van der Waals surface area contributed by atoms with Crippen molar-refractivity contribution in [2.45, 2.75) is 88.7 Å². The molecule has 3 fully saturated rings. The first kappa shape index (κ1) is 27.1. The van der Waals surface area contributed by atoms with Crippen molar-refractivity contribution in [3.8, 4) is 0 Å². The molecular formula is C28H37N11O3. The number of aryl methyl sites for hydroxylation is 1. The van der Waals surface area contributed by atoms with Crippen LogP contribution in [-0.2, 0) is 17.8 Å². The van der Waals surface area contributed by atoms with E-state index in [1.54, 1.807) is 10.9 Å². The lowest BCUT2D eigenvalue weighted by atomic mass is 10.1. The Labute approximate surface area is 243 Å². The minimum absolute atomic E-state index is 0.189. The van der Waals surface area contributed by atoms with Crippen LogP contribution in [0.2, 0.25) is 0 Å². The normalized spacial score (nSPS) is 26.9. The zero-order chi connectivity index (χ0) is 28.6. The predicted octanol–water partition coefficient (Wildman–Crippen LogP) is 1.87.